The lowest BCUT2D eigenvalue weighted by Gasteiger charge is -1.97. The molecule has 0 saturated carbocycles. The van der Waals surface area contributed by atoms with Crippen molar-refractivity contribution < 1.29 is 0 Å². The Morgan fingerprint density at radius 2 is 2.05 bits per heavy atom. The normalized spacial score (nSPS) is 11.0. The number of rotatable bonds is 2. The van der Waals surface area contributed by atoms with Crippen molar-refractivity contribution in [3.8, 4) is 22.0 Å². The molecule has 0 saturated heterocycles. The molecule has 0 aromatic carbocycles. The van der Waals surface area contributed by atoms with Crippen LogP contribution in [0, 0.1) is 0 Å². The van der Waals surface area contributed by atoms with E-state index < -0.39 is 0 Å². The average molecular weight is 295 g/mol. The van der Waals surface area contributed by atoms with Gasteiger partial charge in [-0.15, -0.1) is 10.2 Å². The first-order valence-corrected chi connectivity index (χ1v) is 6.97. The van der Waals surface area contributed by atoms with Gasteiger partial charge in [0.05, 0.1) is 0 Å². The van der Waals surface area contributed by atoms with E-state index in [-0.39, 0.29) is 0 Å². The van der Waals surface area contributed by atoms with Crippen LogP contribution in [0.3, 0.4) is 0 Å². The lowest BCUT2D eigenvalue weighted by atomic mass is 10.3. The van der Waals surface area contributed by atoms with Crippen LogP contribution in [-0.2, 0) is 0 Å². The molecule has 4 rings (SSSR count). The molecule has 0 atom stereocenters. The van der Waals surface area contributed by atoms with E-state index in [4.69, 9.17) is 5.73 Å². The summed E-state index contributed by atoms with van der Waals surface area (Å²) in [6.07, 6.45) is 5.11. The third-order valence-corrected chi connectivity index (χ3v) is 3.89. The van der Waals surface area contributed by atoms with Gasteiger partial charge in [-0.2, -0.15) is 9.61 Å². The smallest absolute Gasteiger partial charge is 0.235 e. The number of pyridine rings is 2. The fourth-order valence-corrected chi connectivity index (χ4v) is 2.83. The summed E-state index contributed by atoms with van der Waals surface area (Å²) in [6, 6.07) is 7.43. The maximum atomic E-state index is 5.71. The molecule has 102 valence electrons. The van der Waals surface area contributed by atoms with E-state index in [0.29, 0.717) is 11.6 Å². The molecular weight excluding hydrogens is 286 g/mol. The van der Waals surface area contributed by atoms with Crippen molar-refractivity contribution in [2.45, 2.75) is 0 Å². The molecule has 0 aliphatic heterocycles. The standard InChI is InChI=1S/C13H9N7S/c14-10-6-8(3-5-16-10)12-19-20-11(17-18-13(20)21-12)9-2-1-4-15-7-9/h1-7H,(H2,14,16). The molecule has 0 aliphatic carbocycles. The fourth-order valence-electron chi connectivity index (χ4n) is 1.99. The lowest BCUT2D eigenvalue weighted by molar-refractivity contribution is 0.968. The van der Waals surface area contributed by atoms with Crippen molar-refractivity contribution in [1.82, 2.24) is 29.8 Å². The third-order valence-electron chi connectivity index (χ3n) is 2.94. The van der Waals surface area contributed by atoms with Gasteiger partial charge in [-0.3, -0.25) is 4.98 Å². The van der Waals surface area contributed by atoms with Crippen LogP contribution in [0.5, 0.6) is 0 Å². The van der Waals surface area contributed by atoms with Crippen LogP contribution in [0.4, 0.5) is 5.82 Å². The maximum absolute atomic E-state index is 5.71. The van der Waals surface area contributed by atoms with Crippen molar-refractivity contribution in [2.24, 2.45) is 0 Å². The summed E-state index contributed by atoms with van der Waals surface area (Å²) in [5.74, 6) is 1.13. The van der Waals surface area contributed by atoms with Gasteiger partial charge in [-0.25, -0.2) is 4.98 Å². The quantitative estimate of drug-likeness (QED) is 0.607. The number of nitrogen functional groups attached to an aromatic ring is 1. The molecule has 4 heterocycles. The van der Waals surface area contributed by atoms with Crippen molar-refractivity contribution in [3.63, 3.8) is 0 Å². The van der Waals surface area contributed by atoms with Gasteiger partial charge >= 0.3 is 0 Å². The zero-order valence-electron chi connectivity index (χ0n) is 10.7. The summed E-state index contributed by atoms with van der Waals surface area (Å²) in [5.41, 5.74) is 7.49. The largest absolute Gasteiger partial charge is 0.384 e. The van der Waals surface area contributed by atoms with Gasteiger partial charge in [0.25, 0.3) is 0 Å². The Bertz CT molecular complexity index is 913. The number of nitrogens with two attached hydrogens (primary N) is 1. The van der Waals surface area contributed by atoms with Crippen LogP contribution >= 0.6 is 11.3 Å². The van der Waals surface area contributed by atoms with E-state index in [1.165, 1.54) is 11.3 Å². The Balaban J connectivity index is 1.87. The minimum Gasteiger partial charge on any atom is -0.384 e. The van der Waals surface area contributed by atoms with E-state index in [9.17, 15) is 0 Å². The molecule has 4 aromatic heterocycles. The zero-order valence-corrected chi connectivity index (χ0v) is 11.5. The molecular formula is C13H9N7S. The highest BCUT2D eigenvalue weighted by molar-refractivity contribution is 7.19. The van der Waals surface area contributed by atoms with Gasteiger partial charge in [-0.1, -0.05) is 11.3 Å². The summed E-state index contributed by atoms with van der Waals surface area (Å²) in [4.78, 5) is 8.80. The highest BCUT2D eigenvalue weighted by Gasteiger charge is 2.14. The molecule has 4 aromatic rings. The molecule has 21 heavy (non-hydrogen) atoms. The van der Waals surface area contributed by atoms with Gasteiger partial charge in [0.2, 0.25) is 4.96 Å². The second-order valence-corrected chi connectivity index (χ2v) is 5.29. The Morgan fingerprint density at radius 3 is 2.86 bits per heavy atom. The molecule has 0 aliphatic rings. The highest BCUT2D eigenvalue weighted by Crippen LogP contribution is 2.28. The molecule has 0 bridgehead atoms. The number of nitrogens with zero attached hydrogens (tertiary/aromatic N) is 6. The molecule has 0 radical (unpaired) electrons. The first-order chi connectivity index (χ1) is 10.3. The van der Waals surface area contributed by atoms with E-state index in [0.717, 1.165) is 21.1 Å². The molecule has 0 unspecified atom stereocenters. The highest BCUT2D eigenvalue weighted by atomic mass is 32.1. The molecule has 0 amide bonds. The maximum Gasteiger partial charge on any atom is 0.235 e. The van der Waals surface area contributed by atoms with Gasteiger partial charge in [0.15, 0.2) is 5.82 Å². The molecule has 0 spiro atoms. The first kappa shape index (κ1) is 11.9. The monoisotopic (exact) mass is 295 g/mol. The van der Waals surface area contributed by atoms with Crippen molar-refractivity contribution in [3.05, 3.63) is 42.9 Å². The Kier molecular flexibility index (Phi) is 2.61. The van der Waals surface area contributed by atoms with E-state index in [1.807, 2.05) is 18.2 Å². The van der Waals surface area contributed by atoms with Crippen LogP contribution in [0.2, 0.25) is 0 Å². The van der Waals surface area contributed by atoms with Gasteiger partial charge in [0.1, 0.15) is 10.8 Å². The Hall–Kier alpha value is -2.87. The van der Waals surface area contributed by atoms with Crippen LogP contribution in [-0.4, -0.2) is 29.8 Å². The molecule has 8 heteroatoms. The van der Waals surface area contributed by atoms with Crippen molar-refractivity contribution in [1.29, 1.82) is 0 Å². The molecule has 7 nitrogen and oxygen atoms in total. The van der Waals surface area contributed by atoms with Crippen molar-refractivity contribution in [2.75, 3.05) is 5.73 Å². The van der Waals surface area contributed by atoms with Crippen LogP contribution < -0.4 is 5.73 Å². The van der Waals surface area contributed by atoms with Crippen LogP contribution in [0.1, 0.15) is 0 Å². The summed E-state index contributed by atoms with van der Waals surface area (Å²) in [5, 5.41) is 13.7. The van der Waals surface area contributed by atoms with Crippen LogP contribution in [0.25, 0.3) is 26.9 Å². The fraction of sp³-hybridized carbons (Fsp3) is 0. The van der Waals surface area contributed by atoms with Gasteiger partial charge in [0, 0.05) is 29.7 Å². The summed E-state index contributed by atoms with van der Waals surface area (Å²) >= 11 is 1.45. The molecule has 0 fully saturated rings. The Labute approximate surface area is 123 Å². The SMILES string of the molecule is Nc1cc(-c2nn3c(-c4cccnc4)nnc3s2)ccn1. The summed E-state index contributed by atoms with van der Waals surface area (Å²) in [6.45, 7) is 0. The van der Waals surface area contributed by atoms with Gasteiger partial charge in [-0.05, 0) is 24.3 Å². The number of fused-ring (bicyclic) bond motifs is 1. The predicted molar refractivity (Wildman–Crippen MR) is 79.5 cm³/mol. The number of hydrogen-bond acceptors (Lipinski definition) is 7. The zero-order chi connectivity index (χ0) is 14.2. The second kappa shape index (κ2) is 4.60. The first-order valence-electron chi connectivity index (χ1n) is 6.16. The number of aromatic nitrogens is 6. The second-order valence-electron chi connectivity index (χ2n) is 4.34. The Morgan fingerprint density at radius 1 is 1.10 bits per heavy atom. The lowest BCUT2D eigenvalue weighted by Crippen LogP contribution is -1.92. The van der Waals surface area contributed by atoms with Crippen LogP contribution in [0.15, 0.2) is 42.9 Å². The summed E-state index contributed by atoms with van der Waals surface area (Å²) in [7, 11) is 0. The number of hydrogen-bond donors (Lipinski definition) is 1. The molecule has 2 N–H and O–H groups in total. The minimum absolute atomic E-state index is 0.464. The average Bonchev–Trinajstić information content (AvgIpc) is 3.08. The van der Waals surface area contributed by atoms with E-state index in [2.05, 4.69) is 25.3 Å². The third kappa shape index (κ3) is 2.01. The number of anilines is 1. The van der Waals surface area contributed by atoms with Gasteiger partial charge < -0.3 is 5.73 Å². The summed E-state index contributed by atoms with van der Waals surface area (Å²) < 4.78 is 1.72. The minimum atomic E-state index is 0.464. The van der Waals surface area contributed by atoms with E-state index in [1.54, 1.807) is 29.2 Å². The topological polar surface area (TPSA) is 94.9 Å². The predicted octanol–water partition coefficient (Wildman–Crippen LogP) is 1.89. The van der Waals surface area contributed by atoms with Crippen molar-refractivity contribution >= 4 is 22.1 Å². The van der Waals surface area contributed by atoms with E-state index >= 15 is 0 Å².